The average molecular weight is 270 g/mol. The van der Waals surface area contributed by atoms with E-state index in [0.717, 1.165) is 16.9 Å². The van der Waals surface area contributed by atoms with Gasteiger partial charge in [-0.2, -0.15) is 5.26 Å². The fourth-order valence-corrected chi connectivity index (χ4v) is 1.86. The van der Waals surface area contributed by atoms with Crippen LogP contribution in [0.3, 0.4) is 0 Å². The standard InChI is InChI=1S/C16H15FN2O/c1-20-15-5-2-12(3-6-15)10-19-11-13-4-7-16(17)14(8-13)9-18/h2-8,19H,10-11H2,1H3. The molecule has 0 aromatic heterocycles. The SMILES string of the molecule is COc1ccc(CNCc2ccc(F)c(C#N)c2)cc1. The van der Waals surface area contributed by atoms with Crippen molar-refractivity contribution < 1.29 is 9.13 Å². The van der Waals surface area contributed by atoms with Crippen LogP contribution >= 0.6 is 0 Å². The van der Waals surface area contributed by atoms with Crippen molar-refractivity contribution in [3.05, 3.63) is 65.0 Å². The summed E-state index contributed by atoms with van der Waals surface area (Å²) in [5, 5.41) is 12.0. The first-order valence-electron chi connectivity index (χ1n) is 6.25. The van der Waals surface area contributed by atoms with E-state index in [9.17, 15) is 4.39 Å². The van der Waals surface area contributed by atoms with Crippen LogP contribution < -0.4 is 10.1 Å². The highest BCUT2D eigenvalue weighted by Crippen LogP contribution is 2.12. The van der Waals surface area contributed by atoms with Crippen molar-refractivity contribution in [1.29, 1.82) is 5.26 Å². The molecule has 0 fully saturated rings. The first-order chi connectivity index (χ1) is 9.72. The molecule has 0 unspecified atom stereocenters. The molecule has 2 aromatic rings. The first-order valence-corrected chi connectivity index (χ1v) is 6.25. The number of nitrogens with zero attached hydrogens (tertiary/aromatic N) is 1. The zero-order valence-electron chi connectivity index (χ0n) is 11.2. The van der Waals surface area contributed by atoms with E-state index in [1.54, 1.807) is 19.2 Å². The number of methoxy groups -OCH3 is 1. The number of halogens is 1. The molecule has 20 heavy (non-hydrogen) atoms. The first kappa shape index (κ1) is 14.0. The second-order valence-corrected chi connectivity index (χ2v) is 4.38. The van der Waals surface area contributed by atoms with Crippen molar-refractivity contribution in [2.45, 2.75) is 13.1 Å². The molecule has 2 aromatic carbocycles. The summed E-state index contributed by atoms with van der Waals surface area (Å²) in [4.78, 5) is 0. The number of ether oxygens (including phenoxy) is 1. The molecule has 0 atom stereocenters. The van der Waals surface area contributed by atoms with Crippen LogP contribution in [0.1, 0.15) is 16.7 Å². The minimum atomic E-state index is -0.480. The summed E-state index contributed by atoms with van der Waals surface area (Å²) < 4.78 is 18.3. The van der Waals surface area contributed by atoms with Crippen molar-refractivity contribution in [3.63, 3.8) is 0 Å². The van der Waals surface area contributed by atoms with E-state index in [-0.39, 0.29) is 5.56 Å². The average Bonchev–Trinajstić information content (AvgIpc) is 2.49. The minimum absolute atomic E-state index is 0.0775. The molecule has 0 amide bonds. The van der Waals surface area contributed by atoms with Crippen LogP contribution in [-0.2, 0) is 13.1 Å². The Bertz CT molecular complexity index is 617. The molecule has 2 rings (SSSR count). The van der Waals surface area contributed by atoms with Crippen molar-refractivity contribution in [2.24, 2.45) is 0 Å². The van der Waals surface area contributed by atoms with Crippen LogP contribution in [0.4, 0.5) is 4.39 Å². The number of nitrogens with one attached hydrogen (secondary N) is 1. The summed E-state index contributed by atoms with van der Waals surface area (Å²) in [5.41, 5.74) is 2.10. The van der Waals surface area contributed by atoms with Crippen molar-refractivity contribution in [1.82, 2.24) is 5.32 Å². The maximum Gasteiger partial charge on any atom is 0.140 e. The normalized spacial score (nSPS) is 10.1. The van der Waals surface area contributed by atoms with Gasteiger partial charge in [-0.15, -0.1) is 0 Å². The molecular weight excluding hydrogens is 255 g/mol. The molecule has 0 aliphatic rings. The van der Waals surface area contributed by atoms with Gasteiger partial charge in [0.2, 0.25) is 0 Å². The van der Waals surface area contributed by atoms with Gasteiger partial charge < -0.3 is 10.1 Å². The smallest absolute Gasteiger partial charge is 0.140 e. The number of hydrogen-bond acceptors (Lipinski definition) is 3. The van der Waals surface area contributed by atoms with E-state index >= 15 is 0 Å². The van der Waals surface area contributed by atoms with E-state index in [1.165, 1.54) is 6.07 Å². The van der Waals surface area contributed by atoms with E-state index in [4.69, 9.17) is 10.00 Å². The van der Waals surface area contributed by atoms with E-state index in [1.807, 2.05) is 30.3 Å². The molecular formula is C16H15FN2O. The number of nitriles is 1. The van der Waals surface area contributed by atoms with Crippen LogP contribution in [0, 0.1) is 17.1 Å². The monoisotopic (exact) mass is 270 g/mol. The maximum absolute atomic E-state index is 13.2. The molecule has 0 bridgehead atoms. The fourth-order valence-electron chi connectivity index (χ4n) is 1.86. The van der Waals surface area contributed by atoms with Crippen LogP contribution in [0.2, 0.25) is 0 Å². The summed E-state index contributed by atoms with van der Waals surface area (Å²) in [7, 11) is 1.63. The second kappa shape index (κ2) is 6.69. The highest BCUT2D eigenvalue weighted by atomic mass is 19.1. The molecule has 1 N–H and O–H groups in total. The Morgan fingerprint density at radius 2 is 1.75 bits per heavy atom. The number of rotatable bonds is 5. The Kier molecular flexibility index (Phi) is 4.70. The zero-order chi connectivity index (χ0) is 14.4. The maximum atomic E-state index is 13.2. The van der Waals surface area contributed by atoms with Gasteiger partial charge in [0.05, 0.1) is 12.7 Å². The summed E-state index contributed by atoms with van der Waals surface area (Å²) in [6.45, 7) is 1.28. The summed E-state index contributed by atoms with van der Waals surface area (Å²) >= 11 is 0. The molecule has 0 aliphatic heterocycles. The molecule has 0 spiro atoms. The Morgan fingerprint density at radius 1 is 1.10 bits per heavy atom. The van der Waals surface area contributed by atoms with Gasteiger partial charge in [0, 0.05) is 13.1 Å². The highest BCUT2D eigenvalue weighted by Gasteiger charge is 2.02. The lowest BCUT2D eigenvalue weighted by Gasteiger charge is -2.07. The van der Waals surface area contributed by atoms with Crippen LogP contribution in [0.15, 0.2) is 42.5 Å². The highest BCUT2D eigenvalue weighted by molar-refractivity contribution is 5.34. The van der Waals surface area contributed by atoms with Gasteiger partial charge in [0.15, 0.2) is 0 Å². The van der Waals surface area contributed by atoms with Crippen molar-refractivity contribution in [3.8, 4) is 11.8 Å². The molecule has 0 saturated heterocycles. The van der Waals surface area contributed by atoms with E-state index in [0.29, 0.717) is 13.1 Å². The third kappa shape index (κ3) is 3.56. The summed E-state index contributed by atoms with van der Waals surface area (Å²) in [5.74, 6) is 0.345. The van der Waals surface area contributed by atoms with Crippen LogP contribution in [0.5, 0.6) is 5.75 Å². The summed E-state index contributed by atoms with van der Waals surface area (Å²) in [6.07, 6.45) is 0. The Morgan fingerprint density at radius 3 is 2.40 bits per heavy atom. The van der Waals surface area contributed by atoms with Gasteiger partial charge >= 0.3 is 0 Å². The van der Waals surface area contributed by atoms with Crippen molar-refractivity contribution in [2.75, 3.05) is 7.11 Å². The molecule has 0 aliphatic carbocycles. The molecule has 0 heterocycles. The molecule has 0 radical (unpaired) electrons. The van der Waals surface area contributed by atoms with Crippen LogP contribution in [-0.4, -0.2) is 7.11 Å². The Hall–Kier alpha value is -2.38. The third-order valence-corrected chi connectivity index (χ3v) is 2.97. The molecule has 102 valence electrons. The molecule has 0 saturated carbocycles. The summed E-state index contributed by atoms with van der Waals surface area (Å²) in [6, 6.07) is 14.2. The van der Waals surface area contributed by atoms with Gasteiger partial charge in [-0.1, -0.05) is 18.2 Å². The number of hydrogen-bond donors (Lipinski definition) is 1. The van der Waals surface area contributed by atoms with Gasteiger partial charge in [-0.3, -0.25) is 0 Å². The Balaban J connectivity index is 1.91. The fraction of sp³-hybridized carbons (Fsp3) is 0.188. The zero-order valence-corrected chi connectivity index (χ0v) is 11.2. The van der Waals surface area contributed by atoms with Gasteiger partial charge in [0.25, 0.3) is 0 Å². The second-order valence-electron chi connectivity index (χ2n) is 4.38. The van der Waals surface area contributed by atoms with E-state index in [2.05, 4.69) is 5.32 Å². The lowest BCUT2D eigenvalue weighted by Crippen LogP contribution is -2.12. The van der Waals surface area contributed by atoms with Gasteiger partial charge in [-0.05, 0) is 35.4 Å². The minimum Gasteiger partial charge on any atom is -0.497 e. The molecule has 4 heteroatoms. The Labute approximate surface area is 117 Å². The van der Waals surface area contributed by atoms with Gasteiger partial charge in [0.1, 0.15) is 17.6 Å². The quantitative estimate of drug-likeness (QED) is 0.908. The molecule has 3 nitrogen and oxygen atoms in total. The third-order valence-electron chi connectivity index (χ3n) is 2.97. The lowest BCUT2D eigenvalue weighted by atomic mass is 10.1. The van der Waals surface area contributed by atoms with Crippen LogP contribution in [0.25, 0.3) is 0 Å². The predicted octanol–water partition coefficient (Wildman–Crippen LogP) is 3.00. The van der Waals surface area contributed by atoms with Gasteiger partial charge in [-0.25, -0.2) is 4.39 Å². The topological polar surface area (TPSA) is 45.0 Å². The number of benzene rings is 2. The van der Waals surface area contributed by atoms with Crippen molar-refractivity contribution >= 4 is 0 Å². The largest absolute Gasteiger partial charge is 0.497 e. The predicted molar refractivity (Wildman–Crippen MR) is 74.7 cm³/mol. The van der Waals surface area contributed by atoms with E-state index < -0.39 is 5.82 Å². The lowest BCUT2D eigenvalue weighted by molar-refractivity contribution is 0.414.